The number of halogens is 1. The van der Waals surface area contributed by atoms with Gasteiger partial charge in [-0.2, -0.15) is 0 Å². The Morgan fingerprint density at radius 3 is 2.87 bits per heavy atom. The summed E-state index contributed by atoms with van der Waals surface area (Å²) in [5, 5.41) is 1.18. The number of benzene rings is 2. The lowest BCUT2D eigenvalue weighted by Gasteiger charge is -2.30. The molecular weight excluding hydrogens is 454 g/mol. The van der Waals surface area contributed by atoms with E-state index >= 15 is 0 Å². The van der Waals surface area contributed by atoms with Gasteiger partial charge in [0, 0.05) is 48.1 Å². The Morgan fingerprint density at radius 2 is 2.10 bits per heavy atom. The fourth-order valence-electron chi connectivity index (χ4n) is 4.73. The van der Waals surface area contributed by atoms with Crippen LogP contribution < -0.4 is 5.73 Å². The molecular formula is C24H26BrN5O. The summed E-state index contributed by atoms with van der Waals surface area (Å²) in [6, 6.07) is 14.3. The van der Waals surface area contributed by atoms with Gasteiger partial charge >= 0.3 is 0 Å². The van der Waals surface area contributed by atoms with Crippen molar-refractivity contribution in [1.29, 1.82) is 0 Å². The molecule has 1 aliphatic heterocycles. The number of carbonyl (C=O) groups is 1. The van der Waals surface area contributed by atoms with E-state index in [0.29, 0.717) is 12.1 Å². The molecule has 2 aromatic heterocycles. The lowest BCUT2D eigenvalue weighted by atomic mass is 10.1. The SMILES string of the molecule is CCn1c(-c2nc3cc(C(=O)N4CCCC(N)C4)ccc3n2C)cc2cccc(Br)c21. The van der Waals surface area contributed by atoms with Crippen LogP contribution in [0.2, 0.25) is 0 Å². The van der Waals surface area contributed by atoms with Crippen molar-refractivity contribution in [1.82, 2.24) is 19.0 Å². The Balaban J connectivity index is 1.59. The van der Waals surface area contributed by atoms with Crippen LogP contribution in [0.1, 0.15) is 30.1 Å². The van der Waals surface area contributed by atoms with Crippen molar-refractivity contribution < 1.29 is 4.79 Å². The maximum absolute atomic E-state index is 13.0. The zero-order valence-electron chi connectivity index (χ0n) is 17.8. The molecule has 4 aromatic rings. The van der Waals surface area contributed by atoms with Crippen molar-refractivity contribution in [3.63, 3.8) is 0 Å². The van der Waals surface area contributed by atoms with Gasteiger partial charge in [-0.05, 0) is 66.0 Å². The maximum atomic E-state index is 13.0. The lowest BCUT2D eigenvalue weighted by Crippen LogP contribution is -2.45. The van der Waals surface area contributed by atoms with Gasteiger partial charge in [-0.3, -0.25) is 4.79 Å². The summed E-state index contributed by atoms with van der Waals surface area (Å²) in [5.41, 5.74) is 10.8. The number of aromatic nitrogens is 3. The molecule has 2 aromatic carbocycles. The van der Waals surface area contributed by atoms with E-state index in [-0.39, 0.29) is 11.9 Å². The van der Waals surface area contributed by atoms with Crippen molar-refractivity contribution in [2.75, 3.05) is 13.1 Å². The molecule has 7 heteroatoms. The molecule has 1 atom stereocenters. The van der Waals surface area contributed by atoms with Crippen molar-refractivity contribution in [3.05, 3.63) is 52.5 Å². The second-order valence-corrected chi connectivity index (χ2v) is 9.16. The first-order valence-corrected chi connectivity index (χ1v) is 11.6. The number of imidazole rings is 1. The third kappa shape index (κ3) is 3.36. The fraction of sp³-hybridized carbons (Fsp3) is 0.333. The van der Waals surface area contributed by atoms with Gasteiger partial charge in [0.2, 0.25) is 0 Å². The van der Waals surface area contributed by atoms with E-state index in [1.165, 1.54) is 10.9 Å². The first-order valence-electron chi connectivity index (χ1n) is 10.8. The Labute approximate surface area is 189 Å². The Morgan fingerprint density at radius 1 is 1.26 bits per heavy atom. The second-order valence-electron chi connectivity index (χ2n) is 8.30. The molecule has 0 radical (unpaired) electrons. The summed E-state index contributed by atoms with van der Waals surface area (Å²) in [6.45, 7) is 4.37. The first-order chi connectivity index (χ1) is 15.0. The number of amides is 1. The molecule has 1 saturated heterocycles. The molecule has 6 nitrogen and oxygen atoms in total. The standard InChI is InChI=1S/C24H26BrN5O/c1-3-30-21(13-15-6-4-8-18(25)22(15)30)23-27-19-12-16(9-10-20(19)28(23)2)24(31)29-11-5-7-17(26)14-29/h4,6,8-10,12-13,17H,3,5,7,11,14,26H2,1-2H3. The summed E-state index contributed by atoms with van der Waals surface area (Å²) in [6.07, 6.45) is 1.94. The molecule has 160 valence electrons. The van der Waals surface area contributed by atoms with E-state index in [2.05, 4.69) is 56.3 Å². The zero-order valence-corrected chi connectivity index (χ0v) is 19.4. The monoisotopic (exact) mass is 479 g/mol. The number of nitrogens with two attached hydrogens (primary N) is 1. The van der Waals surface area contributed by atoms with E-state index in [9.17, 15) is 4.79 Å². The van der Waals surface area contributed by atoms with Crippen LogP contribution >= 0.6 is 15.9 Å². The topological polar surface area (TPSA) is 69.1 Å². The van der Waals surface area contributed by atoms with Crippen molar-refractivity contribution >= 4 is 43.8 Å². The molecule has 0 saturated carbocycles. The molecule has 1 amide bonds. The highest BCUT2D eigenvalue weighted by molar-refractivity contribution is 9.10. The van der Waals surface area contributed by atoms with Gasteiger partial charge in [0.1, 0.15) is 0 Å². The van der Waals surface area contributed by atoms with Crippen molar-refractivity contribution in [3.8, 4) is 11.5 Å². The first kappa shape index (κ1) is 20.3. The number of carbonyl (C=O) groups excluding carboxylic acids is 1. The Kier molecular flexibility index (Phi) is 5.10. The van der Waals surface area contributed by atoms with Crippen LogP contribution in [0, 0.1) is 0 Å². The van der Waals surface area contributed by atoms with Crippen LogP contribution in [0.15, 0.2) is 46.9 Å². The number of rotatable bonds is 3. The smallest absolute Gasteiger partial charge is 0.253 e. The molecule has 1 unspecified atom stereocenters. The molecule has 0 spiro atoms. The number of likely N-dealkylation sites (tertiary alicyclic amines) is 1. The Bertz CT molecular complexity index is 1300. The van der Waals surface area contributed by atoms with Gasteiger partial charge in [-0.25, -0.2) is 4.98 Å². The minimum absolute atomic E-state index is 0.0378. The fourth-order valence-corrected chi connectivity index (χ4v) is 5.33. The van der Waals surface area contributed by atoms with Gasteiger partial charge < -0.3 is 19.8 Å². The lowest BCUT2D eigenvalue weighted by molar-refractivity contribution is 0.0709. The predicted octanol–water partition coefficient (Wildman–Crippen LogP) is 4.54. The minimum atomic E-state index is 0.0378. The normalized spacial score (nSPS) is 17.0. The van der Waals surface area contributed by atoms with E-state index in [1.54, 1.807) is 0 Å². The van der Waals surface area contributed by atoms with Crippen LogP contribution in [-0.4, -0.2) is 44.1 Å². The average molecular weight is 480 g/mol. The van der Waals surface area contributed by atoms with Gasteiger partial charge in [-0.15, -0.1) is 0 Å². The Hall–Kier alpha value is -2.64. The van der Waals surface area contributed by atoms with Crippen LogP contribution in [0.3, 0.4) is 0 Å². The number of fused-ring (bicyclic) bond motifs is 2. The highest BCUT2D eigenvalue weighted by atomic mass is 79.9. The average Bonchev–Trinajstić information content (AvgIpc) is 3.31. The van der Waals surface area contributed by atoms with Gasteiger partial charge in [-0.1, -0.05) is 12.1 Å². The highest BCUT2D eigenvalue weighted by Gasteiger charge is 2.23. The van der Waals surface area contributed by atoms with Crippen molar-refractivity contribution in [2.45, 2.75) is 32.4 Å². The third-order valence-electron chi connectivity index (χ3n) is 6.29. The summed E-state index contributed by atoms with van der Waals surface area (Å²) in [4.78, 5) is 19.8. The number of nitrogens with zero attached hydrogens (tertiary/aromatic N) is 4. The third-order valence-corrected chi connectivity index (χ3v) is 6.93. The van der Waals surface area contributed by atoms with E-state index in [4.69, 9.17) is 10.7 Å². The van der Waals surface area contributed by atoms with Crippen LogP contribution in [0.5, 0.6) is 0 Å². The maximum Gasteiger partial charge on any atom is 0.253 e. The minimum Gasteiger partial charge on any atom is -0.337 e. The molecule has 0 bridgehead atoms. The second kappa shape index (κ2) is 7.80. The number of para-hydroxylation sites is 1. The quantitative estimate of drug-likeness (QED) is 0.468. The molecule has 0 aliphatic carbocycles. The molecule has 31 heavy (non-hydrogen) atoms. The van der Waals surface area contributed by atoms with Crippen LogP contribution in [-0.2, 0) is 13.6 Å². The largest absolute Gasteiger partial charge is 0.337 e. The summed E-state index contributed by atoms with van der Waals surface area (Å²) in [7, 11) is 2.03. The van der Waals surface area contributed by atoms with E-state index < -0.39 is 0 Å². The predicted molar refractivity (Wildman–Crippen MR) is 128 cm³/mol. The molecule has 1 aliphatic rings. The van der Waals surface area contributed by atoms with Crippen LogP contribution in [0.4, 0.5) is 0 Å². The summed E-state index contributed by atoms with van der Waals surface area (Å²) >= 11 is 3.70. The van der Waals surface area contributed by atoms with Gasteiger partial charge in [0.05, 0.1) is 22.2 Å². The number of hydrogen-bond donors (Lipinski definition) is 1. The number of aryl methyl sites for hydroxylation is 2. The molecule has 1 fully saturated rings. The summed E-state index contributed by atoms with van der Waals surface area (Å²) < 4.78 is 5.46. The molecule has 2 N–H and O–H groups in total. The van der Waals surface area contributed by atoms with Crippen molar-refractivity contribution in [2.24, 2.45) is 12.8 Å². The van der Waals surface area contributed by atoms with Gasteiger partial charge in [0.25, 0.3) is 5.91 Å². The number of piperidine rings is 1. The zero-order chi connectivity index (χ0) is 21.7. The van der Waals surface area contributed by atoms with Gasteiger partial charge in [0.15, 0.2) is 5.82 Å². The van der Waals surface area contributed by atoms with Crippen LogP contribution in [0.25, 0.3) is 33.5 Å². The summed E-state index contributed by atoms with van der Waals surface area (Å²) in [5.74, 6) is 0.931. The van der Waals surface area contributed by atoms with E-state index in [1.807, 2.05) is 30.1 Å². The molecule has 3 heterocycles. The molecule has 5 rings (SSSR count). The highest BCUT2D eigenvalue weighted by Crippen LogP contribution is 2.33. The number of hydrogen-bond acceptors (Lipinski definition) is 3. The van der Waals surface area contributed by atoms with E-state index in [0.717, 1.165) is 53.0 Å².